The Morgan fingerprint density at radius 1 is 1.11 bits per heavy atom. The second-order valence-electron chi connectivity index (χ2n) is 12.3. The molecule has 0 saturated carbocycles. The van der Waals surface area contributed by atoms with Crippen LogP contribution in [0.3, 0.4) is 0 Å². The molecule has 1 fully saturated rings. The fraction of sp³-hybridized carbons (Fsp3) is 0.484. The fourth-order valence-corrected chi connectivity index (χ4v) is 7.33. The normalized spacial score (nSPS) is 17.9. The van der Waals surface area contributed by atoms with Crippen LogP contribution in [0.25, 0.3) is 22.2 Å². The number of aromatic amines is 1. The average molecular weight is 646 g/mol. The van der Waals surface area contributed by atoms with E-state index in [9.17, 15) is 26.7 Å². The number of nitrogens with one attached hydrogen (secondary N) is 1. The van der Waals surface area contributed by atoms with Gasteiger partial charge in [0.15, 0.2) is 0 Å². The molecule has 1 saturated heterocycles. The zero-order valence-corrected chi connectivity index (χ0v) is 26.4. The van der Waals surface area contributed by atoms with Gasteiger partial charge in [0, 0.05) is 68.6 Å². The number of aliphatic hydroxyl groups excluding tert-OH is 1. The molecule has 2 aliphatic heterocycles. The molecule has 1 atom stereocenters. The lowest BCUT2D eigenvalue weighted by molar-refractivity contribution is -0.137. The van der Waals surface area contributed by atoms with E-state index in [4.69, 9.17) is 5.10 Å². The minimum absolute atomic E-state index is 0.0774. The summed E-state index contributed by atoms with van der Waals surface area (Å²) >= 11 is 0. The summed E-state index contributed by atoms with van der Waals surface area (Å²) in [6, 6.07) is 6.86. The number of β-amino-alcohol motifs (C(OH)–C–C–N with tert-alkyl or cyclic N) is 1. The van der Waals surface area contributed by atoms with Crippen LogP contribution in [0.1, 0.15) is 41.1 Å². The zero-order chi connectivity index (χ0) is 32.1. The summed E-state index contributed by atoms with van der Waals surface area (Å²) in [4.78, 5) is 12.1. The summed E-state index contributed by atoms with van der Waals surface area (Å²) in [7, 11) is 0.469. The molecular weight excluding hydrogens is 607 g/mol. The molecule has 242 valence electrons. The van der Waals surface area contributed by atoms with Crippen molar-refractivity contribution in [3.05, 3.63) is 65.1 Å². The van der Waals surface area contributed by atoms with Gasteiger partial charge in [0.2, 0.25) is 10.0 Å². The Morgan fingerprint density at radius 3 is 2.47 bits per heavy atom. The molecule has 14 heteroatoms. The highest BCUT2D eigenvalue weighted by Crippen LogP contribution is 2.36. The molecular formula is C31H38F3N7O3S. The monoisotopic (exact) mass is 645 g/mol. The third-order valence-electron chi connectivity index (χ3n) is 8.98. The van der Waals surface area contributed by atoms with E-state index >= 15 is 0 Å². The Balaban J connectivity index is 1.15. The molecule has 2 N–H and O–H groups in total. The SMILES string of the molecule is CN(C)c1cc2c(C3CCN(CC(O)Cn4nc(-c5ccc(C(F)(F)F)cc5)c5c4CCN(S(C)(=O)=O)C5)CC3)c[nH]c2cn1. The van der Waals surface area contributed by atoms with Gasteiger partial charge in [-0.1, -0.05) is 12.1 Å². The van der Waals surface area contributed by atoms with E-state index in [2.05, 4.69) is 27.1 Å². The van der Waals surface area contributed by atoms with Crippen molar-refractivity contribution in [2.45, 2.75) is 50.6 Å². The second-order valence-corrected chi connectivity index (χ2v) is 14.3. The summed E-state index contributed by atoms with van der Waals surface area (Å²) in [5, 5.41) is 17.1. The number of piperidine rings is 1. The van der Waals surface area contributed by atoms with Crippen molar-refractivity contribution in [1.29, 1.82) is 0 Å². The lowest BCUT2D eigenvalue weighted by Crippen LogP contribution is -2.40. The molecule has 0 radical (unpaired) electrons. The van der Waals surface area contributed by atoms with Crippen LogP contribution in [0.4, 0.5) is 19.0 Å². The van der Waals surface area contributed by atoms with E-state index in [1.54, 1.807) is 4.68 Å². The van der Waals surface area contributed by atoms with Crippen molar-refractivity contribution >= 4 is 26.7 Å². The third kappa shape index (κ3) is 6.60. The maximum absolute atomic E-state index is 13.2. The summed E-state index contributed by atoms with van der Waals surface area (Å²) in [6.07, 6.45) is 2.20. The van der Waals surface area contributed by atoms with Gasteiger partial charge in [-0.25, -0.2) is 13.4 Å². The first-order valence-electron chi connectivity index (χ1n) is 15.0. The van der Waals surface area contributed by atoms with Crippen molar-refractivity contribution in [1.82, 2.24) is 29.0 Å². The van der Waals surface area contributed by atoms with Crippen LogP contribution in [-0.2, 0) is 35.7 Å². The molecule has 1 unspecified atom stereocenters. The largest absolute Gasteiger partial charge is 0.416 e. The van der Waals surface area contributed by atoms with Crippen molar-refractivity contribution in [2.75, 3.05) is 51.4 Å². The molecule has 0 amide bonds. The number of nitrogens with zero attached hydrogens (tertiary/aromatic N) is 6. The molecule has 2 aliphatic rings. The van der Waals surface area contributed by atoms with Crippen molar-refractivity contribution in [3.63, 3.8) is 0 Å². The highest BCUT2D eigenvalue weighted by molar-refractivity contribution is 7.88. The molecule has 10 nitrogen and oxygen atoms in total. The van der Waals surface area contributed by atoms with Gasteiger partial charge in [-0.05, 0) is 55.6 Å². The number of anilines is 1. The number of alkyl halides is 3. The van der Waals surface area contributed by atoms with E-state index < -0.39 is 27.9 Å². The third-order valence-corrected chi connectivity index (χ3v) is 10.2. The topological polar surface area (TPSA) is 111 Å². The van der Waals surface area contributed by atoms with Crippen molar-refractivity contribution in [2.24, 2.45) is 0 Å². The van der Waals surface area contributed by atoms with Gasteiger partial charge < -0.3 is 19.9 Å². The molecule has 1 aromatic carbocycles. The van der Waals surface area contributed by atoms with Crippen LogP contribution >= 0.6 is 0 Å². The van der Waals surface area contributed by atoms with Gasteiger partial charge in [-0.2, -0.15) is 22.6 Å². The minimum Gasteiger partial charge on any atom is -0.390 e. The lowest BCUT2D eigenvalue weighted by atomic mass is 9.89. The van der Waals surface area contributed by atoms with E-state index in [1.165, 1.54) is 27.4 Å². The number of aliphatic hydroxyl groups is 1. The number of H-pyrrole nitrogens is 1. The van der Waals surface area contributed by atoms with Crippen LogP contribution < -0.4 is 4.90 Å². The Kier molecular flexibility index (Phi) is 8.44. The highest BCUT2D eigenvalue weighted by atomic mass is 32.2. The number of benzene rings is 1. The maximum Gasteiger partial charge on any atom is 0.416 e. The number of pyridine rings is 1. The summed E-state index contributed by atoms with van der Waals surface area (Å²) in [5.74, 6) is 1.31. The van der Waals surface area contributed by atoms with E-state index in [-0.39, 0.29) is 19.6 Å². The van der Waals surface area contributed by atoms with E-state index in [0.717, 1.165) is 61.3 Å². The molecule has 45 heavy (non-hydrogen) atoms. The average Bonchev–Trinajstić information content (AvgIpc) is 3.57. The second kappa shape index (κ2) is 12.0. The molecule has 3 aromatic heterocycles. The molecule has 0 aliphatic carbocycles. The number of aromatic nitrogens is 4. The first-order valence-corrected chi connectivity index (χ1v) is 16.9. The van der Waals surface area contributed by atoms with Crippen molar-refractivity contribution in [3.8, 4) is 11.3 Å². The standard InChI is InChI=1S/C31H38F3N7O3S/c1-38(2)29-14-24-25(15-35-27(24)16-36-29)20-8-11-39(12-9-20)17-23(42)18-41-28-10-13-40(45(3,43)44)19-26(28)30(37-41)21-4-6-22(7-5-21)31(32,33)34/h4-7,14-16,20,23,35,42H,8-13,17-19H2,1-3H3. The van der Waals surface area contributed by atoms with E-state index in [0.29, 0.717) is 35.7 Å². The van der Waals surface area contributed by atoms with Gasteiger partial charge >= 0.3 is 6.18 Å². The number of fused-ring (bicyclic) bond motifs is 2. The Bertz CT molecular complexity index is 1780. The predicted molar refractivity (Wildman–Crippen MR) is 166 cm³/mol. The first-order chi connectivity index (χ1) is 21.3. The van der Waals surface area contributed by atoms with Crippen LogP contribution in [0.2, 0.25) is 0 Å². The van der Waals surface area contributed by atoms with Gasteiger partial charge in [-0.15, -0.1) is 0 Å². The zero-order valence-electron chi connectivity index (χ0n) is 25.5. The molecule has 5 heterocycles. The highest BCUT2D eigenvalue weighted by Gasteiger charge is 2.33. The van der Waals surface area contributed by atoms with Crippen LogP contribution in [0.5, 0.6) is 0 Å². The predicted octanol–water partition coefficient (Wildman–Crippen LogP) is 4.07. The number of hydrogen-bond donors (Lipinski definition) is 2. The van der Waals surface area contributed by atoms with Crippen molar-refractivity contribution < 1.29 is 26.7 Å². The quantitative estimate of drug-likeness (QED) is 0.297. The molecule has 0 bridgehead atoms. The van der Waals surface area contributed by atoms with E-state index in [1.807, 2.05) is 25.2 Å². The Hall–Kier alpha value is -3.46. The summed E-state index contributed by atoms with van der Waals surface area (Å²) in [6.45, 7) is 2.66. The van der Waals surface area contributed by atoms with Crippen LogP contribution in [0.15, 0.2) is 42.7 Å². The molecule has 4 aromatic rings. The Labute approximate surface area is 260 Å². The fourth-order valence-electron chi connectivity index (χ4n) is 6.54. The van der Waals surface area contributed by atoms with Crippen LogP contribution in [-0.4, -0.2) is 95.1 Å². The molecule has 6 rings (SSSR count). The number of sulfonamides is 1. The van der Waals surface area contributed by atoms with Gasteiger partial charge in [0.1, 0.15) is 5.82 Å². The number of halogens is 3. The maximum atomic E-state index is 13.2. The molecule has 0 spiro atoms. The van der Waals surface area contributed by atoms with Gasteiger partial charge in [-0.3, -0.25) is 4.68 Å². The summed E-state index contributed by atoms with van der Waals surface area (Å²) in [5.41, 5.74) is 3.90. The number of rotatable bonds is 8. The van der Waals surface area contributed by atoms with Gasteiger partial charge in [0.25, 0.3) is 0 Å². The Morgan fingerprint density at radius 2 is 1.82 bits per heavy atom. The smallest absolute Gasteiger partial charge is 0.390 e. The number of likely N-dealkylation sites (tertiary alicyclic amines) is 1. The summed E-state index contributed by atoms with van der Waals surface area (Å²) < 4.78 is 67.3. The minimum atomic E-state index is -4.47. The number of hydrogen-bond acceptors (Lipinski definition) is 7. The van der Waals surface area contributed by atoms with Crippen LogP contribution in [0, 0.1) is 0 Å². The first kappa shape index (κ1) is 31.5. The van der Waals surface area contributed by atoms with Gasteiger partial charge in [0.05, 0.1) is 41.9 Å². The lowest BCUT2D eigenvalue weighted by Gasteiger charge is -2.33.